The van der Waals surface area contributed by atoms with E-state index in [0.29, 0.717) is 28.7 Å². The average molecular weight is 269 g/mol. The number of rotatable bonds is 2. The van der Waals surface area contributed by atoms with Crippen molar-refractivity contribution in [3.63, 3.8) is 0 Å². The number of aliphatic hydroxyl groups is 1. The number of carbonyl (C=O) groups is 1. The van der Waals surface area contributed by atoms with Crippen LogP contribution in [-0.4, -0.2) is 35.1 Å². The molecule has 18 heavy (non-hydrogen) atoms. The van der Waals surface area contributed by atoms with Crippen LogP contribution in [-0.2, 0) is 0 Å². The topological polar surface area (TPSA) is 66.6 Å². The van der Waals surface area contributed by atoms with Crippen LogP contribution in [0.3, 0.4) is 0 Å². The van der Waals surface area contributed by atoms with E-state index in [1.807, 2.05) is 6.92 Å². The number of nitrogen functional groups attached to an aromatic ring is 1. The van der Waals surface area contributed by atoms with Crippen molar-refractivity contribution in [2.45, 2.75) is 19.4 Å². The lowest BCUT2D eigenvalue weighted by Crippen LogP contribution is -2.40. The molecule has 1 saturated heterocycles. The summed E-state index contributed by atoms with van der Waals surface area (Å²) in [5.74, 6) is 0.151. The maximum atomic E-state index is 12.4. The number of hydrogen-bond donors (Lipinski definition) is 2. The van der Waals surface area contributed by atoms with Crippen LogP contribution in [0.15, 0.2) is 18.2 Å². The Labute approximate surface area is 111 Å². The first-order chi connectivity index (χ1) is 8.54. The standard InChI is InChI=1S/C13H17ClN2O2/c1-8-4-5-16(12(8)7-17)13(18)10-6-9(14)2-3-11(10)15/h2-3,6,8,12,17H,4-5,7,15H2,1H3. The van der Waals surface area contributed by atoms with Gasteiger partial charge in [-0.1, -0.05) is 18.5 Å². The van der Waals surface area contributed by atoms with Crippen LogP contribution in [0.1, 0.15) is 23.7 Å². The van der Waals surface area contributed by atoms with E-state index in [4.69, 9.17) is 17.3 Å². The van der Waals surface area contributed by atoms with E-state index in [0.717, 1.165) is 6.42 Å². The zero-order valence-corrected chi connectivity index (χ0v) is 11.0. The van der Waals surface area contributed by atoms with Gasteiger partial charge in [-0.3, -0.25) is 4.79 Å². The number of hydrogen-bond acceptors (Lipinski definition) is 3. The van der Waals surface area contributed by atoms with Crippen molar-refractivity contribution in [3.8, 4) is 0 Å². The summed E-state index contributed by atoms with van der Waals surface area (Å²) in [4.78, 5) is 14.1. The number of likely N-dealkylation sites (tertiary alicyclic amines) is 1. The largest absolute Gasteiger partial charge is 0.398 e. The molecule has 2 rings (SSSR count). The molecule has 0 aromatic heterocycles. The molecule has 0 saturated carbocycles. The van der Waals surface area contributed by atoms with Gasteiger partial charge in [-0.25, -0.2) is 0 Å². The predicted molar refractivity (Wildman–Crippen MR) is 71.6 cm³/mol. The monoisotopic (exact) mass is 268 g/mol. The number of aliphatic hydroxyl groups excluding tert-OH is 1. The lowest BCUT2D eigenvalue weighted by molar-refractivity contribution is 0.0649. The van der Waals surface area contributed by atoms with Crippen LogP contribution in [0.25, 0.3) is 0 Å². The zero-order valence-electron chi connectivity index (χ0n) is 10.3. The number of anilines is 1. The minimum atomic E-state index is -0.154. The van der Waals surface area contributed by atoms with E-state index >= 15 is 0 Å². The maximum absolute atomic E-state index is 12.4. The summed E-state index contributed by atoms with van der Waals surface area (Å²) >= 11 is 5.89. The first-order valence-electron chi connectivity index (χ1n) is 6.01. The zero-order chi connectivity index (χ0) is 13.3. The van der Waals surface area contributed by atoms with Crippen molar-refractivity contribution in [1.29, 1.82) is 0 Å². The van der Waals surface area contributed by atoms with Gasteiger partial charge in [-0.2, -0.15) is 0 Å². The maximum Gasteiger partial charge on any atom is 0.256 e. The van der Waals surface area contributed by atoms with Crippen LogP contribution in [0, 0.1) is 5.92 Å². The molecule has 98 valence electrons. The fourth-order valence-corrected chi connectivity index (χ4v) is 2.58. The quantitative estimate of drug-likeness (QED) is 0.804. The van der Waals surface area contributed by atoms with Gasteiger partial charge in [0.1, 0.15) is 0 Å². The van der Waals surface area contributed by atoms with Gasteiger partial charge in [0.05, 0.1) is 18.2 Å². The van der Waals surface area contributed by atoms with E-state index in [-0.39, 0.29) is 18.6 Å². The molecule has 1 aromatic carbocycles. The molecule has 0 spiro atoms. The minimum Gasteiger partial charge on any atom is -0.398 e. The number of nitrogens with two attached hydrogens (primary N) is 1. The Morgan fingerprint density at radius 2 is 2.33 bits per heavy atom. The summed E-state index contributed by atoms with van der Waals surface area (Å²) in [7, 11) is 0. The number of nitrogens with zero attached hydrogens (tertiary/aromatic N) is 1. The van der Waals surface area contributed by atoms with Gasteiger partial charge < -0.3 is 15.7 Å². The molecule has 1 aromatic rings. The van der Waals surface area contributed by atoms with Gasteiger partial charge in [-0.15, -0.1) is 0 Å². The second-order valence-electron chi connectivity index (χ2n) is 4.75. The summed E-state index contributed by atoms with van der Waals surface area (Å²) in [5, 5.41) is 9.86. The van der Waals surface area contributed by atoms with Gasteiger partial charge >= 0.3 is 0 Å². The highest BCUT2D eigenvalue weighted by molar-refractivity contribution is 6.31. The number of benzene rings is 1. The molecule has 1 amide bonds. The Hall–Kier alpha value is -1.26. The number of carbonyl (C=O) groups excluding carboxylic acids is 1. The molecule has 5 heteroatoms. The van der Waals surface area contributed by atoms with E-state index in [1.165, 1.54) is 0 Å². The molecule has 2 atom stereocenters. The third-order valence-electron chi connectivity index (χ3n) is 3.58. The van der Waals surface area contributed by atoms with Crippen LogP contribution in [0.4, 0.5) is 5.69 Å². The van der Waals surface area contributed by atoms with Crippen LogP contribution >= 0.6 is 11.6 Å². The van der Waals surface area contributed by atoms with Crippen molar-refractivity contribution < 1.29 is 9.90 Å². The molecule has 0 aliphatic carbocycles. The molecular weight excluding hydrogens is 252 g/mol. The van der Waals surface area contributed by atoms with Gasteiger partial charge in [0.2, 0.25) is 0 Å². The van der Waals surface area contributed by atoms with Crippen molar-refractivity contribution in [2.24, 2.45) is 5.92 Å². The molecule has 4 nitrogen and oxygen atoms in total. The summed E-state index contributed by atoms with van der Waals surface area (Å²) in [6, 6.07) is 4.74. The van der Waals surface area contributed by atoms with Crippen LogP contribution in [0.5, 0.6) is 0 Å². The van der Waals surface area contributed by atoms with Crippen molar-refractivity contribution in [2.75, 3.05) is 18.9 Å². The highest BCUT2D eigenvalue weighted by Gasteiger charge is 2.34. The average Bonchev–Trinajstić information content (AvgIpc) is 2.72. The highest BCUT2D eigenvalue weighted by atomic mass is 35.5. The lowest BCUT2D eigenvalue weighted by Gasteiger charge is -2.25. The lowest BCUT2D eigenvalue weighted by atomic mass is 10.0. The predicted octanol–water partition coefficient (Wildman–Crippen LogP) is 1.77. The highest BCUT2D eigenvalue weighted by Crippen LogP contribution is 2.27. The molecule has 3 N–H and O–H groups in total. The van der Waals surface area contributed by atoms with Crippen LogP contribution < -0.4 is 5.73 Å². The molecule has 1 fully saturated rings. The number of halogens is 1. The number of amides is 1. The smallest absolute Gasteiger partial charge is 0.256 e. The van der Waals surface area contributed by atoms with E-state index in [9.17, 15) is 9.90 Å². The first-order valence-corrected chi connectivity index (χ1v) is 6.39. The summed E-state index contributed by atoms with van der Waals surface area (Å²) < 4.78 is 0. The third kappa shape index (κ3) is 2.31. The van der Waals surface area contributed by atoms with Gasteiger partial charge in [0.25, 0.3) is 5.91 Å². The molecule has 0 bridgehead atoms. The Balaban J connectivity index is 2.28. The minimum absolute atomic E-state index is 0.0205. The van der Waals surface area contributed by atoms with Crippen molar-refractivity contribution in [3.05, 3.63) is 28.8 Å². The van der Waals surface area contributed by atoms with Gasteiger partial charge in [0.15, 0.2) is 0 Å². The summed E-state index contributed by atoms with van der Waals surface area (Å²) in [6.07, 6.45) is 0.900. The molecular formula is C13H17ClN2O2. The van der Waals surface area contributed by atoms with Gasteiger partial charge in [0, 0.05) is 17.3 Å². The fraction of sp³-hybridized carbons (Fsp3) is 0.462. The van der Waals surface area contributed by atoms with E-state index in [1.54, 1.807) is 23.1 Å². The molecule has 1 aliphatic heterocycles. The second kappa shape index (κ2) is 5.16. The molecule has 1 heterocycles. The first kappa shape index (κ1) is 13.2. The Morgan fingerprint density at radius 3 is 3.00 bits per heavy atom. The fourth-order valence-electron chi connectivity index (χ4n) is 2.41. The second-order valence-corrected chi connectivity index (χ2v) is 5.18. The summed E-state index contributed by atoms with van der Waals surface area (Å²) in [5.41, 5.74) is 6.64. The third-order valence-corrected chi connectivity index (χ3v) is 3.81. The normalized spacial score (nSPS) is 23.4. The Kier molecular flexibility index (Phi) is 3.78. The van der Waals surface area contributed by atoms with E-state index < -0.39 is 0 Å². The Bertz CT molecular complexity index is 464. The van der Waals surface area contributed by atoms with Crippen molar-refractivity contribution >= 4 is 23.2 Å². The van der Waals surface area contributed by atoms with Crippen molar-refractivity contribution in [1.82, 2.24) is 4.90 Å². The Morgan fingerprint density at radius 1 is 1.61 bits per heavy atom. The SMILES string of the molecule is CC1CCN(C(=O)c2cc(Cl)ccc2N)C1CO. The molecule has 1 aliphatic rings. The van der Waals surface area contributed by atoms with E-state index in [2.05, 4.69) is 0 Å². The molecule has 0 radical (unpaired) electrons. The van der Waals surface area contributed by atoms with Gasteiger partial charge in [-0.05, 0) is 30.5 Å². The van der Waals surface area contributed by atoms with Crippen LogP contribution in [0.2, 0.25) is 5.02 Å². The molecule has 2 unspecified atom stereocenters. The summed E-state index contributed by atoms with van der Waals surface area (Å²) in [6.45, 7) is 2.67.